The monoisotopic (exact) mass is 318 g/mol. The van der Waals surface area contributed by atoms with Gasteiger partial charge in [0.05, 0.1) is 10.9 Å². The van der Waals surface area contributed by atoms with E-state index in [9.17, 15) is 23.1 Å². The van der Waals surface area contributed by atoms with E-state index in [1.165, 1.54) is 0 Å². The molecule has 3 rings (SSSR count). The molecule has 0 saturated heterocycles. The van der Waals surface area contributed by atoms with Crippen molar-refractivity contribution in [1.29, 1.82) is 0 Å². The Labute approximate surface area is 124 Å². The molecule has 1 aromatic carbocycles. The highest BCUT2D eigenvalue weighted by atomic mass is 35.5. The summed E-state index contributed by atoms with van der Waals surface area (Å²) in [5.41, 5.74) is -2.85. The summed E-state index contributed by atoms with van der Waals surface area (Å²) in [6.07, 6.45) is 1.20. The molecule has 0 spiro atoms. The Bertz CT molecular complexity index is 609. The molecule has 2 aliphatic carbocycles. The molecule has 2 fully saturated rings. The van der Waals surface area contributed by atoms with Crippen molar-refractivity contribution in [1.82, 2.24) is 0 Å². The molecule has 2 bridgehead atoms. The van der Waals surface area contributed by atoms with Crippen molar-refractivity contribution in [3.63, 3.8) is 0 Å². The van der Waals surface area contributed by atoms with Crippen molar-refractivity contribution < 1.29 is 23.1 Å². The molecule has 21 heavy (non-hydrogen) atoms. The van der Waals surface area contributed by atoms with Crippen LogP contribution < -0.4 is 0 Å². The maximum atomic E-state index is 14.3. The first kappa shape index (κ1) is 14.7. The minimum Gasteiger partial charge on any atom is -0.481 e. The van der Waals surface area contributed by atoms with Crippen LogP contribution in [0.5, 0.6) is 0 Å². The van der Waals surface area contributed by atoms with E-state index in [4.69, 9.17) is 11.6 Å². The molecule has 0 heterocycles. The Balaban J connectivity index is 2.13. The molecular weight excluding hydrogens is 305 g/mol. The molecule has 1 atom stereocenters. The fraction of sp³-hybridized carbons (Fsp3) is 0.533. The van der Waals surface area contributed by atoms with Crippen LogP contribution in [0.3, 0.4) is 0 Å². The van der Waals surface area contributed by atoms with E-state index in [2.05, 4.69) is 0 Å². The van der Waals surface area contributed by atoms with Crippen molar-refractivity contribution in [3.8, 4) is 0 Å². The Morgan fingerprint density at radius 1 is 1.24 bits per heavy atom. The topological polar surface area (TPSA) is 37.3 Å². The van der Waals surface area contributed by atoms with Crippen LogP contribution in [-0.4, -0.2) is 16.7 Å². The third-order valence-corrected chi connectivity index (χ3v) is 5.33. The molecular formula is C15H14ClF3O2. The second-order valence-electron chi connectivity index (χ2n) is 6.22. The third kappa shape index (κ3) is 2.13. The number of hydrogen-bond acceptors (Lipinski definition) is 1. The van der Waals surface area contributed by atoms with Gasteiger partial charge in [0.1, 0.15) is 17.3 Å². The number of carbonyl (C=O) groups is 1. The van der Waals surface area contributed by atoms with Crippen LogP contribution in [0.1, 0.15) is 43.6 Å². The molecule has 1 N–H and O–H groups in total. The normalized spacial score (nSPS) is 32.4. The number of carboxylic acid groups (broad SMARTS) is 1. The Morgan fingerprint density at radius 3 is 2.33 bits per heavy atom. The zero-order valence-corrected chi connectivity index (χ0v) is 11.9. The van der Waals surface area contributed by atoms with Gasteiger partial charge in [-0.3, -0.25) is 4.79 Å². The highest BCUT2D eigenvalue weighted by molar-refractivity contribution is 6.30. The molecule has 0 amide bonds. The van der Waals surface area contributed by atoms with Crippen LogP contribution in [0.15, 0.2) is 12.1 Å². The summed E-state index contributed by atoms with van der Waals surface area (Å²) in [6, 6.07) is 2.01. The first-order valence-corrected chi connectivity index (χ1v) is 7.21. The average molecular weight is 319 g/mol. The van der Waals surface area contributed by atoms with Crippen LogP contribution in [0.2, 0.25) is 5.02 Å². The number of hydrogen-bond donors (Lipinski definition) is 1. The summed E-state index contributed by atoms with van der Waals surface area (Å²) in [7, 11) is 0. The van der Waals surface area contributed by atoms with Crippen molar-refractivity contribution in [2.24, 2.45) is 5.41 Å². The van der Waals surface area contributed by atoms with Gasteiger partial charge in [-0.05, 0) is 49.7 Å². The minimum atomic E-state index is -1.41. The number of carboxylic acids is 1. The fourth-order valence-electron chi connectivity index (χ4n) is 4.07. The van der Waals surface area contributed by atoms with E-state index in [0.717, 1.165) is 12.1 Å². The van der Waals surface area contributed by atoms with Crippen LogP contribution in [-0.2, 0) is 4.79 Å². The maximum Gasteiger partial charge on any atom is 0.311 e. The standard InChI is InChI=1S/C15H14ClF3O2/c16-8-1-2-9(17)10(12(8)18)11(13(20)21)14-3-5-15(19,7-14)6-4-14/h1-2,11H,3-7H2,(H,20,21)/t11-,14?,15?/m0/s1. The van der Waals surface area contributed by atoms with Crippen LogP contribution in [0.4, 0.5) is 13.2 Å². The summed E-state index contributed by atoms with van der Waals surface area (Å²) in [6.45, 7) is 0. The number of alkyl halides is 1. The van der Waals surface area contributed by atoms with Gasteiger partial charge in [0.25, 0.3) is 0 Å². The van der Waals surface area contributed by atoms with E-state index in [1.807, 2.05) is 0 Å². The number of halogens is 4. The van der Waals surface area contributed by atoms with Crippen LogP contribution in [0.25, 0.3) is 0 Å². The molecule has 0 aliphatic heterocycles. The lowest BCUT2D eigenvalue weighted by molar-refractivity contribution is -0.142. The zero-order chi connectivity index (χ0) is 15.4. The van der Waals surface area contributed by atoms with Crippen molar-refractivity contribution in [2.45, 2.75) is 43.7 Å². The summed E-state index contributed by atoms with van der Waals surface area (Å²) < 4.78 is 42.6. The van der Waals surface area contributed by atoms with Gasteiger partial charge in [-0.2, -0.15) is 0 Å². The van der Waals surface area contributed by atoms with E-state index >= 15 is 0 Å². The molecule has 114 valence electrons. The lowest BCUT2D eigenvalue weighted by Gasteiger charge is -2.33. The van der Waals surface area contributed by atoms with E-state index in [0.29, 0.717) is 12.8 Å². The molecule has 0 unspecified atom stereocenters. The highest BCUT2D eigenvalue weighted by Crippen LogP contribution is 2.64. The molecule has 0 radical (unpaired) electrons. The summed E-state index contributed by atoms with van der Waals surface area (Å²) in [5, 5.41) is 9.20. The molecule has 1 aromatic rings. The largest absolute Gasteiger partial charge is 0.481 e. The number of benzene rings is 1. The van der Waals surface area contributed by atoms with Crippen molar-refractivity contribution >= 4 is 17.6 Å². The number of rotatable bonds is 3. The quantitative estimate of drug-likeness (QED) is 0.835. The SMILES string of the molecule is O=C(O)[C@H](c1c(F)ccc(Cl)c1F)C12CCC(F)(CC1)C2. The third-order valence-electron chi connectivity index (χ3n) is 5.04. The van der Waals surface area contributed by atoms with Gasteiger partial charge in [-0.25, -0.2) is 13.2 Å². The zero-order valence-electron chi connectivity index (χ0n) is 11.1. The van der Waals surface area contributed by atoms with Gasteiger partial charge >= 0.3 is 5.97 Å². The second kappa shape index (κ2) is 4.63. The minimum absolute atomic E-state index is 0.0440. The van der Waals surface area contributed by atoms with Gasteiger partial charge in [0.15, 0.2) is 0 Å². The smallest absolute Gasteiger partial charge is 0.311 e. The average Bonchev–Trinajstić information content (AvgIpc) is 2.92. The Hall–Kier alpha value is -1.23. The van der Waals surface area contributed by atoms with Gasteiger partial charge in [0.2, 0.25) is 0 Å². The van der Waals surface area contributed by atoms with Gasteiger partial charge < -0.3 is 5.11 Å². The molecule has 2 nitrogen and oxygen atoms in total. The van der Waals surface area contributed by atoms with Crippen molar-refractivity contribution in [2.75, 3.05) is 0 Å². The molecule has 2 saturated carbocycles. The predicted octanol–water partition coefficient (Wildman–Crippen LogP) is 4.46. The van der Waals surface area contributed by atoms with Gasteiger partial charge in [-0.15, -0.1) is 0 Å². The molecule has 2 aliphatic rings. The van der Waals surface area contributed by atoms with Crippen LogP contribution in [0, 0.1) is 17.0 Å². The highest BCUT2D eigenvalue weighted by Gasteiger charge is 2.61. The lowest BCUT2D eigenvalue weighted by atomic mass is 9.69. The van der Waals surface area contributed by atoms with E-state index in [1.54, 1.807) is 0 Å². The summed E-state index contributed by atoms with van der Waals surface area (Å²) in [4.78, 5) is 11.7. The predicted molar refractivity (Wildman–Crippen MR) is 71.1 cm³/mol. The summed E-state index contributed by atoms with van der Waals surface area (Å²) in [5.74, 6) is -4.74. The van der Waals surface area contributed by atoms with Crippen molar-refractivity contribution in [3.05, 3.63) is 34.4 Å². The number of aliphatic carboxylic acids is 1. The second-order valence-corrected chi connectivity index (χ2v) is 6.63. The van der Waals surface area contributed by atoms with E-state index < -0.39 is 40.2 Å². The molecule has 6 heteroatoms. The maximum absolute atomic E-state index is 14.3. The number of fused-ring (bicyclic) bond motifs is 2. The lowest BCUT2D eigenvalue weighted by Crippen LogP contribution is -2.32. The summed E-state index contributed by atoms with van der Waals surface area (Å²) >= 11 is 5.66. The van der Waals surface area contributed by atoms with Gasteiger partial charge in [-0.1, -0.05) is 11.6 Å². The van der Waals surface area contributed by atoms with Crippen LogP contribution >= 0.6 is 11.6 Å². The van der Waals surface area contributed by atoms with Gasteiger partial charge in [0, 0.05) is 5.56 Å². The molecule has 0 aromatic heterocycles. The Kier molecular flexibility index (Phi) is 3.24. The first-order valence-electron chi connectivity index (χ1n) is 6.83. The van der Waals surface area contributed by atoms with E-state index in [-0.39, 0.29) is 24.3 Å². The fourth-order valence-corrected chi connectivity index (χ4v) is 4.23. The Morgan fingerprint density at radius 2 is 1.86 bits per heavy atom. The first-order chi connectivity index (χ1) is 9.78.